The van der Waals surface area contributed by atoms with Crippen LogP contribution >= 0.6 is 23.2 Å². The van der Waals surface area contributed by atoms with Gasteiger partial charge in [-0.3, -0.25) is 4.79 Å². The Morgan fingerprint density at radius 3 is 2.53 bits per heavy atom. The van der Waals surface area contributed by atoms with Gasteiger partial charge >= 0.3 is 6.18 Å². The molecule has 1 aliphatic rings. The van der Waals surface area contributed by atoms with Crippen molar-refractivity contribution in [1.29, 1.82) is 0 Å². The smallest absolute Gasteiger partial charge is 0.376 e. The van der Waals surface area contributed by atoms with E-state index in [4.69, 9.17) is 32.7 Å². The van der Waals surface area contributed by atoms with Gasteiger partial charge < -0.3 is 9.47 Å². The van der Waals surface area contributed by atoms with Crippen LogP contribution in [0.25, 0.3) is 0 Å². The van der Waals surface area contributed by atoms with Crippen molar-refractivity contribution in [3.63, 3.8) is 0 Å². The van der Waals surface area contributed by atoms with Gasteiger partial charge in [-0.2, -0.15) is 13.2 Å². The molecule has 0 saturated heterocycles. The summed E-state index contributed by atoms with van der Waals surface area (Å²) in [6.07, 6.45) is -0.378. The number of hydrogen-bond donors (Lipinski definition) is 0. The van der Waals surface area contributed by atoms with E-state index in [1.165, 1.54) is 20.3 Å². The third-order valence-corrected chi connectivity index (χ3v) is 7.66. The van der Waals surface area contributed by atoms with E-state index in [0.717, 1.165) is 18.3 Å². The van der Waals surface area contributed by atoms with E-state index in [1.807, 2.05) is 6.08 Å². The third kappa shape index (κ3) is 5.60. The van der Waals surface area contributed by atoms with E-state index in [9.17, 15) is 26.4 Å². The third-order valence-electron chi connectivity index (χ3n) is 5.39. The maximum atomic E-state index is 13.6. The van der Waals surface area contributed by atoms with Crippen molar-refractivity contribution in [1.82, 2.24) is 4.98 Å². The minimum absolute atomic E-state index is 0.0116. The van der Waals surface area contributed by atoms with Crippen LogP contribution < -0.4 is 4.31 Å². The Bertz CT molecular complexity index is 1340. The number of sulfonamides is 1. The molecule has 13 heteroatoms. The predicted octanol–water partition coefficient (Wildman–Crippen LogP) is 5.68. The number of Topliss-reactive ketones (excluding diaryl/α,β-unsaturated/α-hetero) is 1. The molecule has 1 unspecified atom stereocenters. The summed E-state index contributed by atoms with van der Waals surface area (Å²) in [6.45, 7) is 1.04. The van der Waals surface area contributed by atoms with Gasteiger partial charge in [-0.15, -0.1) is 0 Å². The van der Waals surface area contributed by atoms with Crippen molar-refractivity contribution < 1.29 is 35.9 Å². The standard InChI is InChI=1S/C23H21Cl2F3N2O5S/c1-13-5-4-6-19(35-3)20(13)22(31)21-18(9-14(24)11-29-21)30(12-34-2)36(32,33)15-7-8-17(25)16(10-15)23(26,27)28/h4-5,7-11,19H,6,12H2,1-3H3. The van der Waals surface area contributed by atoms with Gasteiger partial charge in [0.1, 0.15) is 12.4 Å². The van der Waals surface area contributed by atoms with E-state index in [1.54, 1.807) is 13.0 Å². The Labute approximate surface area is 216 Å². The van der Waals surface area contributed by atoms with Crippen LogP contribution in [0.2, 0.25) is 10.0 Å². The van der Waals surface area contributed by atoms with Crippen molar-refractivity contribution in [2.75, 3.05) is 25.3 Å². The van der Waals surface area contributed by atoms with Crippen LogP contribution in [0.5, 0.6) is 0 Å². The molecule has 0 saturated carbocycles. The molecule has 0 spiro atoms. The Kier molecular flexibility index (Phi) is 8.51. The quantitative estimate of drug-likeness (QED) is 0.303. The van der Waals surface area contributed by atoms with Crippen molar-refractivity contribution in [3.8, 4) is 0 Å². The minimum Gasteiger partial charge on any atom is -0.376 e. The molecule has 1 heterocycles. The second-order valence-corrected chi connectivity index (χ2v) is 10.4. The van der Waals surface area contributed by atoms with Gasteiger partial charge in [-0.25, -0.2) is 17.7 Å². The summed E-state index contributed by atoms with van der Waals surface area (Å²) in [4.78, 5) is 17.0. The average molecular weight is 565 g/mol. The molecule has 1 aromatic heterocycles. The molecule has 0 aliphatic heterocycles. The summed E-state index contributed by atoms with van der Waals surface area (Å²) < 4.78 is 78.5. The molecule has 3 rings (SSSR count). The summed E-state index contributed by atoms with van der Waals surface area (Å²) in [7, 11) is -2.10. The van der Waals surface area contributed by atoms with Gasteiger partial charge in [0, 0.05) is 26.0 Å². The van der Waals surface area contributed by atoms with Crippen molar-refractivity contribution in [3.05, 3.63) is 75.1 Å². The topological polar surface area (TPSA) is 85.8 Å². The lowest BCUT2D eigenvalue weighted by molar-refractivity contribution is -0.137. The maximum Gasteiger partial charge on any atom is 0.417 e. The number of alkyl halides is 3. The van der Waals surface area contributed by atoms with Crippen LogP contribution in [0.4, 0.5) is 18.9 Å². The molecule has 36 heavy (non-hydrogen) atoms. The van der Waals surface area contributed by atoms with Gasteiger partial charge in [-0.05, 0) is 43.2 Å². The summed E-state index contributed by atoms with van der Waals surface area (Å²) in [6, 6.07) is 3.35. The molecule has 0 bridgehead atoms. The number of nitrogens with zero attached hydrogens (tertiary/aromatic N) is 2. The second kappa shape index (κ2) is 10.9. The van der Waals surface area contributed by atoms with Crippen LogP contribution in [-0.2, 0) is 25.7 Å². The van der Waals surface area contributed by atoms with E-state index < -0.39 is 50.3 Å². The number of anilines is 1. The average Bonchev–Trinajstić information content (AvgIpc) is 2.81. The Hall–Kier alpha value is -2.44. The molecule has 0 radical (unpaired) electrons. The number of aromatic nitrogens is 1. The molecule has 1 atom stereocenters. The monoisotopic (exact) mass is 564 g/mol. The number of ketones is 1. The van der Waals surface area contributed by atoms with Gasteiger partial charge in [0.2, 0.25) is 5.78 Å². The summed E-state index contributed by atoms with van der Waals surface area (Å²) in [5.74, 6) is -0.626. The molecule has 0 N–H and O–H groups in total. The summed E-state index contributed by atoms with van der Waals surface area (Å²) >= 11 is 11.7. The second-order valence-electron chi connectivity index (χ2n) is 7.72. The fourth-order valence-electron chi connectivity index (χ4n) is 3.69. The molecule has 7 nitrogen and oxygen atoms in total. The first-order chi connectivity index (χ1) is 16.8. The fourth-order valence-corrected chi connectivity index (χ4v) is 5.47. The number of carbonyl (C=O) groups excluding carboxylic acids is 1. The number of pyridine rings is 1. The van der Waals surface area contributed by atoms with Crippen LogP contribution in [0.3, 0.4) is 0 Å². The van der Waals surface area contributed by atoms with E-state index in [2.05, 4.69) is 4.98 Å². The highest BCUT2D eigenvalue weighted by molar-refractivity contribution is 7.92. The van der Waals surface area contributed by atoms with E-state index in [0.29, 0.717) is 22.4 Å². The molecule has 194 valence electrons. The van der Waals surface area contributed by atoms with Crippen molar-refractivity contribution >= 4 is 44.7 Å². The normalized spacial score (nSPS) is 16.4. The lowest BCUT2D eigenvalue weighted by Crippen LogP contribution is -2.35. The van der Waals surface area contributed by atoms with E-state index >= 15 is 0 Å². The van der Waals surface area contributed by atoms with Gasteiger partial charge in [0.05, 0.1) is 32.3 Å². The fraction of sp³-hybridized carbons (Fsp3) is 0.304. The van der Waals surface area contributed by atoms with Crippen LogP contribution in [-0.4, -0.2) is 46.2 Å². The van der Waals surface area contributed by atoms with E-state index in [-0.39, 0.29) is 22.0 Å². The zero-order valence-electron chi connectivity index (χ0n) is 19.3. The van der Waals surface area contributed by atoms with Crippen LogP contribution in [0.1, 0.15) is 29.4 Å². The van der Waals surface area contributed by atoms with Gasteiger partial charge in [-0.1, -0.05) is 35.4 Å². The van der Waals surface area contributed by atoms with Crippen LogP contribution in [0.15, 0.2) is 58.7 Å². The molecule has 1 aliphatic carbocycles. The van der Waals surface area contributed by atoms with Gasteiger partial charge in [0.15, 0.2) is 0 Å². The largest absolute Gasteiger partial charge is 0.417 e. The number of ether oxygens (including phenoxy) is 2. The highest BCUT2D eigenvalue weighted by Crippen LogP contribution is 2.38. The van der Waals surface area contributed by atoms with Crippen molar-refractivity contribution in [2.45, 2.75) is 30.5 Å². The van der Waals surface area contributed by atoms with Crippen molar-refractivity contribution in [2.24, 2.45) is 0 Å². The number of allylic oxidation sites excluding steroid dienone is 2. The number of halogens is 5. The zero-order chi connectivity index (χ0) is 26.8. The first-order valence-corrected chi connectivity index (χ1v) is 12.5. The minimum atomic E-state index is -4.90. The Morgan fingerprint density at radius 1 is 1.22 bits per heavy atom. The highest BCUT2D eigenvalue weighted by Gasteiger charge is 2.37. The molecule has 0 fully saturated rings. The number of hydrogen-bond acceptors (Lipinski definition) is 6. The highest BCUT2D eigenvalue weighted by atomic mass is 35.5. The predicted molar refractivity (Wildman–Crippen MR) is 129 cm³/mol. The van der Waals surface area contributed by atoms with Gasteiger partial charge in [0.25, 0.3) is 10.0 Å². The first-order valence-electron chi connectivity index (χ1n) is 10.3. The molecular formula is C23H21Cl2F3N2O5S. The number of benzene rings is 1. The molecular weight excluding hydrogens is 544 g/mol. The number of methoxy groups -OCH3 is 2. The number of carbonyl (C=O) groups is 1. The van der Waals surface area contributed by atoms with Crippen LogP contribution in [0, 0.1) is 0 Å². The molecule has 1 aromatic carbocycles. The lowest BCUT2D eigenvalue weighted by atomic mass is 9.90. The zero-order valence-corrected chi connectivity index (χ0v) is 21.6. The lowest BCUT2D eigenvalue weighted by Gasteiger charge is -2.27. The maximum absolute atomic E-state index is 13.6. The summed E-state index contributed by atoms with van der Waals surface area (Å²) in [5.41, 5.74) is -1.05. The molecule has 0 amide bonds. The molecule has 2 aromatic rings. The SMILES string of the molecule is COCN(c1cc(Cl)cnc1C(=O)C1=C(C)C=CCC1OC)S(=O)(=O)c1ccc(Cl)c(C(F)(F)F)c1. The number of rotatable bonds is 8. The summed E-state index contributed by atoms with van der Waals surface area (Å²) in [5, 5.41) is -0.680. The Balaban J connectivity index is 2.21. The first kappa shape index (κ1) is 28.1. The Morgan fingerprint density at radius 2 is 1.92 bits per heavy atom.